The first-order chi connectivity index (χ1) is 10.2. The second-order valence-electron chi connectivity index (χ2n) is 6.78. The molecule has 0 amide bonds. The number of quaternary nitrogens is 2. The lowest BCUT2D eigenvalue weighted by Crippen LogP contribution is -3.17. The Hall–Kier alpha value is -0.940. The smallest absolute Gasteiger partial charge is 0.194 e. The quantitative estimate of drug-likeness (QED) is 0.340. The number of piperidine rings is 2. The number of Topliss-reactive ketones (excluding diaryl/α,β-unsaturated/α-hetero) is 1. The van der Waals surface area contributed by atoms with Crippen LogP contribution in [0.15, 0.2) is 5.16 Å². The molecular formula is C16H31N3O2+2. The van der Waals surface area contributed by atoms with Gasteiger partial charge in [0.1, 0.15) is 11.6 Å². The van der Waals surface area contributed by atoms with Crippen molar-refractivity contribution in [2.45, 2.75) is 45.4 Å². The summed E-state index contributed by atoms with van der Waals surface area (Å²) < 4.78 is 0. The number of nitrogens with zero attached hydrogens (tertiary/aromatic N) is 1. The van der Waals surface area contributed by atoms with Crippen LogP contribution >= 0.6 is 0 Å². The SMILES string of the molecule is C/C(=N/O)C(=O)C(C[NH+]1CCCCC1)C[NH+]1CCCCC1. The van der Waals surface area contributed by atoms with Gasteiger partial charge in [-0.2, -0.15) is 0 Å². The zero-order valence-electron chi connectivity index (χ0n) is 13.4. The molecule has 0 aromatic rings. The normalized spacial score (nSPS) is 22.7. The van der Waals surface area contributed by atoms with E-state index in [1.54, 1.807) is 16.7 Å². The zero-order valence-corrected chi connectivity index (χ0v) is 13.4. The van der Waals surface area contributed by atoms with Gasteiger partial charge in [-0.05, 0) is 45.4 Å². The fourth-order valence-corrected chi connectivity index (χ4v) is 3.81. The molecular weight excluding hydrogens is 266 g/mol. The summed E-state index contributed by atoms with van der Waals surface area (Å²) in [5.74, 6) is 0.0655. The lowest BCUT2D eigenvalue weighted by molar-refractivity contribution is -0.928. The van der Waals surface area contributed by atoms with Crippen molar-refractivity contribution in [2.24, 2.45) is 11.1 Å². The van der Waals surface area contributed by atoms with Crippen LogP contribution in [-0.2, 0) is 4.79 Å². The molecule has 0 radical (unpaired) electrons. The van der Waals surface area contributed by atoms with Crippen LogP contribution in [0.5, 0.6) is 0 Å². The second-order valence-corrected chi connectivity index (χ2v) is 6.78. The highest BCUT2D eigenvalue weighted by Gasteiger charge is 2.31. The van der Waals surface area contributed by atoms with Gasteiger partial charge in [0.05, 0.1) is 39.3 Å². The Kier molecular flexibility index (Phi) is 6.64. The third-order valence-electron chi connectivity index (χ3n) is 5.07. The fourth-order valence-electron chi connectivity index (χ4n) is 3.81. The molecule has 0 aliphatic carbocycles. The van der Waals surface area contributed by atoms with Crippen LogP contribution in [0.2, 0.25) is 0 Å². The third kappa shape index (κ3) is 5.08. The molecule has 21 heavy (non-hydrogen) atoms. The molecule has 0 unspecified atom stereocenters. The van der Waals surface area contributed by atoms with Crippen LogP contribution in [0.1, 0.15) is 45.4 Å². The molecule has 2 rings (SSSR count). The summed E-state index contributed by atoms with van der Waals surface area (Å²) in [6.07, 6.45) is 7.77. The van der Waals surface area contributed by atoms with Crippen molar-refractivity contribution < 1.29 is 19.8 Å². The van der Waals surface area contributed by atoms with E-state index in [-0.39, 0.29) is 17.4 Å². The Morgan fingerprint density at radius 1 is 0.952 bits per heavy atom. The minimum Gasteiger partial charge on any atom is -0.411 e. The van der Waals surface area contributed by atoms with Gasteiger partial charge >= 0.3 is 0 Å². The van der Waals surface area contributed by atoms with Gasteiger partial charge < -0.3 is 15.0 Å². The van der Waals surface area contributed by atoms with Crippen LogP contribution in [0, 0.1) is 5.92 Å². The molecule has 3 N–H and O–H groups in total. The fraction of sp³-hybridized carbons (Fsp3) is 0.875. The van der Waals surface area contributed by atoms with Gasteiger partial charge in [0.2, 0.25) is 0 Å². The number of oxime groups is 1. The number of rotatable bonds is 6. The van der Waals surface area contributed by atoms with Crippen LogP contribution in [0.3, 0.4) is 0 Å². The number of likely N-dealkylation sites (tertiary alicyclic amines) is 2. The standard InChI is InChI=1S/C16H29N3O2/c1-14(17-21)16(20)15(12-18-8-4-2-5-9-18)13-19-10-6-3-7-11-19/h15,21H,2-13H2,1H3/p+2/b17-14-. The lowest BCUT2D eigenvalue weighted by Gasteiger charge is -2.30. The Morgan fingerprint density at radius 3 is 1.76 bits per heavy atom. The summed E-state index contributed by atoms with van der Waals surface area (Å²) in [7, 11) is 0. The molecule has 2 fully saturated rings. The largest absolute Gasteiger partial charge is 0.411 e. The number of nitrogens with one attached hydrogen (secondary N) is 2. The first-order valence-electron chi connectivity index (χ1n) is 8.60. The minimum atomic E-state index is 0.0158. The summed E-state index contributed by atoms with van der Waals surface area (Å²) in [6.45, 7) is 8.21. The van der Waals surface area contributed by atoms with Gasteiger partial charge in [-0.1, -0.05) is 5.16 Å². The van der Waals surface area contributed by atoms with Crippen molar-refractivity contribution in [3.63, 3.8) is 0 Å². The van der Waals surface area contributed by atoms with E-state index in [2.05, 4.69) is 5.16 Å². The maximum atomic E-state index is 12.5. The highest BCUT2D eigenvalue weighted by Crippen LogP contribution is 2.01. The molecule has 5 heteroatoms. The van der Waals surface area contributed by atoms with Gasteiger partial charge in [-0.15, -0.1) is 0 Å². The first-order valence-corrected chi connectivity index (χ1v) is 8.60. The number of carbonyl (C=O) groups excluding carboxylic acids is 1. The zero-order chi connectivity index (χ0) is 15.1. The molecule has 0 aromatic heterocycles. The molecule has 0 aromatic carbocycles. The molecule has 0 bridgehead atoms. The van der Waals surface area contributed by atoms with Gasteiger partial charge in [0.15, 0.2) is 5.78 Å². The first kappa shape index (κ1) is 16.4. The number of hydrogen-bond acceptors (Lipinski definition) is 3. The molecule has 0 atom stereocenters. The Balaban J connectivity index is 1.96. The van der Waals surface area contributed by atoms with Crippen LogP contribution < -0.4 is 9.80 Å². The highest BCUT2D eigenvalue weighted by molar-refractivity contribution is 6.39. The van der Waals surface area contributed by atoms with E-state index in [1.165, 1.54) is 64.7 Å². The molecule has 120 valence electrons. The molecule has 2 saturated heterocycles. The Morgan fingerprint density at radius 2 is 1.38 bits per heavy atom. The molecule has 2 aliphatic rings. The van der Waals surface area contributed by atoms with Crippen molar-refractivity contribution in [1.29, 1.82) is 0 Å². The van der Waals surface area contributed by atoms with Crippen molar-refractivity contribution in [3.8, 4) is 0 Å². The van der Waals surface area contributed by atoms with E-state index in [0.717, 1.165) is 13.1 Å². The molecule has 2 heterocycles. The number of carbonyl (C=O) groups is 1. The topological polar surface area (TPSA) is 58.5 Å². The van der Waals surface area contributed by atoms with Gasteiger partial charge in [0, 0.05) is 0 Å². The van der Waals surface area contributed by atoms with Gasteiger partial charge in [0.25, 0.3) is 0 Å². The van der Waals surface area contributed by atoms with E-state index in [4.69, 9.17) is 5.21 Å². The predicted octanol–water partition coefficient (Wildman–Crippen LogP) is -0.841. The summed E-state index contributed by atoms with van der Waals surface area (Å²) in [6, 6.07) is 0. The second kappa shape index (κ2) is 8.49. The van der Waals surface area contributed by atoms with E-state index < -0.39 is 0 Å². The third-order valence-corrected chi connectivity index (χ3v) is 5.07. The van der Waals surface area contributed by atoms with Gasteiger partial charge in [-0.3, -0.25) is 4.79 Å². The van der Waals surface area contributed by atoms with Crippen LogP contribution in [0.25, 0.3) is 0 Å². The van der Waals surface area contributed by atoms with Crippen LogP contribution in [-0.4, -0.2) is 56.0 Å². The van der Waals surface area contributed by atoms with E-state index in [9.17, 15) is 4.79 Å². The van der Waals surface area contributed by atoms with Crippen LogP contribution in [0.4, 0.5) is 0 Å². The maximum Gasteiger partial charge on any atom is 0.194 e. The summed E-state index contributed by atoms with van der Waals surface area (Å²) in [4.78, 5) is 15.6. The minimum absolute atomic E-state index is 0.0158. The van der Waals surface area contributed by atoms with Crippen molar-refractivity contribution in [3.05, 3.63) is 0 Å². The summed E-state index contributed by atoms with van der Waals surface area (Å²) >= 11 is 0. The molecule has 2 aliphatic heterocycles. The van der Waals surface area contributed by atoms with E-state index in [0.29, 0.717) is 0 Å². The van der Waals surface area contributed by atoms with E-state index in [1.807, 2.05) is 0 Å². The van der Waals surface area contributed by atoms with Crippen molar-refractivity contribution in [2.75, 3.05) is 39.3 Å². The summed E-state index contributed by atoms with van der Waals surface area (Å²) in [5.41, 5.74) is 0.271. The number of ketones is 1. The molecule has 0 spiro atoms. The molecule has 5 nitrogen and oxygen atoms in total. The Labute approximate surface area is 128 Å². The van der Waals surface area contributed by atoms with E-state index >= 15 is 0 Å². The van der Waals surface area contributed by atoms with Gasteiger partial charge in [-0.25, -0.2) is 0 Å². The summed E-state index contributed by atoms with van der Waals surface area (Å²) in [5, 5.41) is 12.1. The van der Waals surface area contributed by atoms with Crippen molar-refractivity contribution in [1.82, 2.24) is 0 Å². The number of hydrogen-bond donors (Lipinski definition) is 3. The Bertz CT molecular complexity index is 339. The van der Waals surface area contributed by atoms with Crippen molar-refractivity contribution >= 4 is 11.5 Å². The maximum absolute atomic E-state index is 12.5. The average molecular weight is 297 g/mol. The average Bonchev–Trinajstić information content (AvgIpc) is 2.54. The lowest BCUT2D eigenvalue weighted by atomic mass is 9.97. The predicted molar refractivity (Wildman–Crippen MR) is 82.2 cm³/mol. The molecule has 0 saturated carbocycles. The highest BCUT2D eigenvalue weighted by atomic mass is 16.4. The monoisotopic (exact) mass is 297 g/mol.